The van der Waals surface area contributed by atoms with Gasteiger partial charge in [-0.3, -0.25) is 0 Å². The molecule has 0 aromatic heterocycles. The third kappa shape index (κ3) is 4.32. The van der Waals surface area contributed by atoms with Crippen LogP contribution in [0.15, 0.2) is 11.8 Å². The first-order valence-corrected chi connectivity index (χ1v) is 6.98. The van der Waals surface area contributed by atoms with Gasteiger partial charge in [0.1, 0.15) is 0 Å². The number of rotatable bonds is 3. The highest BCUT2D eigenvalue weighted by atomic mass is 16.5. The van der Waals surface area contributed by atoms with Crippen molar-refractivity contribution in [3.05, 3.63) is 11.8 Å². The van der Waals surface area contributed by atoms with E-state index in [0.29, 0.717) is 0 Å². The Bertz CT molecular complexity index is 247. The lowest BCUT2D eigenvalue weighted by molar-refractivity contribution is 0.0586. The van der Waals surface area contributed by atoms with Crippen molar-refractivity contribution in [3.63, 3.8) is 0 Å². The van der Waals surface area contributed by atoms with Gasteiger partial charge < -0.3 is 14.5 Å². The molecule has 0 aromatic rings. The SMILES string of the molecule is CC(C)CN1CCC(=CN2CCOCC2)CC1. The van der Waals surface area contributed by atoms with E-state index in [0.717, 1.165) is 32.2 Å². The van der Waals surface area contributed by atoms with Gasteiger partial charge in [-0.25, -0.2) is 0 Å². The lowest BCUT2D eigenvalue weighted by Crippen LogP contribution is -2.35. The first-order valence-electron chi connectivity index (χ1n) is 6.98. The zero-order chi connectivity index (χ0) is 12.1. The van der Waals surface area contributed by atoms with Gasteiger partial charge >= 0.3 is 0 Å². The predicted molar refractivity (Wildman–Crippen MR) is 71.0 cm³/mol. The minimum Gasteiger partial charge on any atom is -0.378 e. The third-order valence-electron chi connectivity index (χ3n) is 3.53. The lowest BCUT2D eigenvalue weighted by atomic mass is 10.0. The van der Waals surface area contributed by atoms with Crippen LogP contribution in [-0.4, -0.2) is 55.7 Å². The molecular formula is C14H26N2O. The van der Waals surface area contributed by atoms with Crippen molar-refractivity contribution in [2.24, 2.45) is 5.92 Å². The van der Waals surface area contributed by atoms with E-state index in [4.69, 9.17) is 4.74 Å². The summed E-state index contributed by atoms with van der Waals surface area (Å²) in [6, 6.07) is 0. The van der Waals surface area contributed by atoms with Crippen LogP contribution in [0.4, 0.5) is 0 Å². The smallest absolute Gasteiger partial charge is 0.0642 e. The molecule has 0 amide bonds. The van der Waals surface area contributed by atoms with Crippen molar-refractivity contribution in [1.82, 2.24) is 9.80 Å². The van der Waals surface area contributed by atoms with Crippen LogP contribution in [0.1, 0.15) is 26.7 Å². The molecule has 3 heteroatoms. The molecule has 0 spiro atoms. The van der Waals surface area contributed by atoms with Gasteiger partial charge in [-0.2, -0.15) is 0 Å². The molecule has 3 nitrogen and oxygen atoms in total. The second kappa shape index (κ2) is 6.41. The van der Waals surface area contributed by atoms with E-state index >= 15 is 0 Å². The number of ether oxygens (including phenoxy) is 1. The van der Waals surface area contributed by atoms with E-state index in [1.54, 1.807) is 5.57 Å². The molecule has 0 aromatic carbocycles. The summed E-state index contributed by atoms with van der Waals surface area (Å²) in [6.45, 7) is 12.3. The van der Waals surface area contributed by atoms with Gasteiger partial charge in [0, 0.05) is 32.7 Å². The summed E-state index contributed by atoms with van der Waals surface area (Å²) in [7, 11) is 0. The molecule has 0 aliphatic carbocycles. The molecule has 0 atom stereocenters. The van der Waals surface area contributed by atoms with Crippen molar-refractivity contribution in [2.75, 3.05) is 45.9 Å². The van der Waals surface area contributed by atoms with Crippen LogP contribution in [0.5, 0.6) is 0 Å². The Hall–Kier alpha value is -0.540. The highest BCUT2D eigenvalue weighted by Gasteiger charge is 2.16. The van der Waals surface area contributed by atoms with Crippen LogP contribution >= 0.6 is 0 Å². The van der Waals surface area contributed by atoms with E-state index in [1.165, 1.54) is 32.5 Å². The number of likely N-dealkylation sites (tertiary alicyclic amines) is 1. The molecular weight excluding hydrogens is 212 g/mol. The minimum atomic E-state index is 0.791. The molecule has 2 fully saturated rings. The van der Waals surface area contributed by atoms with Crippen molar-refractivity contribution in [1.29, 1.82) is 0 Å². The summed E-state index contributed by atoms with van der Waals surface area (Å²) in [6.07, 6.45) is 4.91. The Morgan fingerprint density at radius 1 is 1.12 bits per heavy atom. The molecule has 2 aliphatic rings. The largest absolute Gasteiger partial charge is 0.378 e. The summed E-state index contributed by atoms with van der Waals surface area (Å²) in [5.74, 6) is 0.791. The maximum absolute atomic E-state index is 5.37. The van der Waals surface area contributed by atoms with Gasteiger partial charge in [0.05, 0.1) is 13.2 Å². The van der Waals surface area contributed by atoms with Crippen molar-refractivity contribution >= 4 is 0 Å². The molecule has 2 aliphatic heterocycles. The van der Waals surface area contributed by atoms with E-state index in [1.807, 2.05) is 0 Å². The highest BCUT2D eigenvalue weighted by Crippen LogP contribution is 2.18. The van der Waals surface area contributed by atoms with Gasteiger partial charge in [-0.1, -0.05) is 19.4 Å². The van der Waals surface area contributed by atoms with Crippen molar-refractivity contribution in [3.8, 4) is 0 Å². The Morgan fingerprint density at radius 2 is 1.76 bits per heavy atom. The fraction of sp³-hybridized carbons (Fsp3) is 0.857. The second-order valence-corrected chi connectivity index (χ2v) is 5.63. The number of nitrogens with zero attached hydrogens (tertiary/aromatic N) is 2. The molecule has 2 rings (SSSR count). The fourth-order valence-corrected chi connectivity index (χ4v) is 2.63. The van der Waals surface area contributed by atoms with E-state index in [9.17, 15) is 0 Å². The molecule has 0 saturated carbocycles. The highest BCUT2D eigenvalue weighted by molar-refractivity contribution is 5.05. The van der Waals surface area contributed by atoms with Crippen molar-refractivity contribution in [2.45, 2.75) is 26.7 Å². The van der Waals surface area contributed by atoms with Crippen LogP contribution in [-0.2, 0) is 4.74 Å². The first-order chi connectivity index (χ1) is 8.24. The predicted octanol–water partition coefficient (Wildman–Crippen LogP) is 1.95. The average Bonchev–Trinajstić information content (AvgIpc) is 2.32. The standard InChI is InChI=1S/C14H26N2O/c1-13(2)11-15-5-3-14(4-6-15)12-16-7-9-17-10-8-16/h12-13H,3-11H2,1-2H3. The summed E-state index contributed by atoms with van der Waals surface area (Å²) < 4.78 is 5.37. The van der Waals surface area contributed by atoms with Crippen LogP contribution in [0.2, 0.25) is 0 Å². The monoisotopic (exact) mass is 238 g/mol. The quantitative estimate of drug-likeness (QED) is 0.747. The van der Waals surface area contributed by atoms with Gasteiger partial charge in [0.2, 0.25) is 0 Å². The molecule has 2 heterocycles. The molecule has 0 unspecified atom stereocenters. The van der Waals surface area contributed by atoms with Crippen LogP contribution < -0.4 is 0 Å². The zero-order valence-corrected chi connectivity index (χ0v) is 11.3. The Labute approximate surface area is 105 Å². The Balaban J connectivity index is 1.75. The maximum Gasteiger partial charge on any atom is 0.0642 e. The van der Waals surface area contributed by atoms with Gasteiger partial charge in [-0.05, 0) is 25.0 Å². The lowest BCUT2D eigenvalue weighted by Gasteiger charge is -2.32. The first kappa shape index (κ1) is 12.9. The van der Waals surface area contributed by atoms with Crippen LogP contribution in [0, 0.1) is 5.92 Å². The second-order valence-electron chi connectivity index (χ2n) is 5.63. The average molecular weight is 238 g/mol. The number of hydrogen-bond donors (Lipinski definition) is 0. The topological polar surface area (TPSA) is 15.7 Å². The molecule has 98 valence electrons. The van der Waals surface area contributed by atoms with E-state index in [-0.39, 0.29) is 0 Å². The Morgan fingerprint density at radius 3 is 2.35 bits per heavy atom. The molecule has 0 N–H and O–H groups in total. The van der Waals surface area contributed by atoms with Gasteiger partial charge in [-0.15, -0.1) is 0 Å². The summed E-state index contributed by atoms with van der Waals surface area (Å²) in [5.41, 5.74) is 1.63. The number of morpholine rings is 1. The third-order valence-corrected chi connectivity index (χ3v) is 3.53. The number of piperidine rings is 1. The van der Waals surface area contributed by atoms with Gasteiger partial charge in [0.25, 0.3) is 0 Å². The molecule has 0 radical (unpaired) electrons. The Kier molecular flexibility index (Phi) is 4.86. The van der Waals surface area contributed by atoms with Gasteiger partial charge in [0.15, 0.2) is 0 Å². The van der Waals surface area contributed by atoms with Crippen LogP contribution in [0.25, 0.3) is 0 Å². The molecule has 0 bridgehead atoms. The minimum absolute atomic E-state index is 0.791. The fourth-order valence-electron chi connectivity index (χ4n) is 2.63. The van der Waals surface area contributed by atoms with E-state index in [2.05, 4.69) is 29.8 Å². The summed E-state index contributed by atoms with van der Waals surface area (Å²) in [5, 5.41) is 0. The molecule has 2 saturated heterocycles. The van der Waals surface area contributed by atoms with E-state index < -0.39 is 0 Å². The summed E-state index contributed by atoms with van der Waals surface area (Å²) >= 11 is 0. The maximum atomic E-state index is 5.37. The number of hydrogen-bond acceptors (Lipinski definition) is 3. The normalized spacial score (nSPS) is 23.2. The summed E-state index contributed by atoms with van der Waals surface area (Å²) in [4.78, 5) is 5.03. The van der Waals surface area contributed by atoms with Crippen LogP contribution in [0.3, 0.4) is 0 Å². The molecule has 17 heavy (non-hydrogen) atoms. The van der Waals surface area contributed by atoms with Crippen molar-refractivity contribution < 1.29 is 4.74 Å². The zero-order valence-electron chi connectivity index (χ0n) is 11.3.